The Morgan fingerprint density at radius 1 is 1.16 bits per heavy atom. The number of carbonyl (C=O) groups excluding carboxylic acids is 1. The predicted molar refractivity (Wildman–Crippen MR) is 61.7 cm³/mol. The first-order valence-corrected chi connectivity index (χ1v) is 5.40. The van der Waals surface area contributed by atoms with Crippen LogP contribution in [-0.2, 0) is 6.54 Å². The van der Waals surface area contributed by atoms with Crippen molar-refractivity contribution in [3.63, 3.8) is 0 Å². The Kier molecular flexibility index (Phi) is 3.79. The fourth-order valence-corrected chi connectivity index (χ4v) is 1.48. The molecule has 0 aliphatic carbocycles. The molecule has 98 valence electrons. The van der Waals surface area contributed by atoms with Gasteiger partial charge in [0.05, 0.1) is 17.8 Å². The summed E-state index contributed by atoms with van der Waals surface area (Å²) in [5, 5.41) is 2.31. The number of carbonyl (C=O) groups is 1. The van der Waals surface area contributed by atoms with E-state index in [1.54, 1.807) is 0 Å². The monoisotopic (exact) mass is 266 g/mol. The summed E-state index contributed by atoms with van der Waals surface area (Å²) in [5.74, 6) is -3.08. The molecule has 1 aromatic carbocycles. The molecule has 0 saturated carbocycles. The number of hydrogen-bond donors (Lipinski definition) is 1. The van der Waals surface area contributed by atoms with Gasteiger partial charge in [-0.1, -0.05) is 0 Å². The molecule has 2 rings (SSSR count). The molecule has 0 aliphatic heterocycles. The zero-order chi connectivity index (χ0) is 13.8. The van der Waals surface area contributed by atoms with Crippen LogP contribution in [0.2, 0.25) is 0 Å². The lowest BCUT2D eigenvalue weighted by molar-refractivity contribution is 0.0946. The molecule has 19 heavy (non-hydrogen) atoms. The Balaban J connectivity index is 2.08. The second-order valence-corrected chi connectivity index (χ2v) is 3.74. The largest absolute Gasteiger partial charge is 0.346 e. The standard InChI is InChI=1S/C13H9F3N2O/c14-8-3-4-9(11(16)6-8)13(19)18-7-12-10(15)2-1-5-17-12/h1-6H,7H2,(H,18,19). The van der Waals surface area contributed by atoms with Crippen LogP contribution in [0.15, 0.2) is 36.5 Å². The zero-order valence-electron chi connectivity index (χ0n) is 9.66. The van der Waals surface area contributed by atoms with Gasteiger partial charge in [-0.25, -0.2) is 13.2 Å². The van der Waals surface area contributed by atoms with Crippen LogP contribution in [0.4, 0.5) is 13.2 Å². The summed E-state index contributed by atoms with van der Waals surface area (Å²) >= 11 is 0. The molecule has 0 bridgehead atoms. The highest BCUT2D eigenvalue weighted by Crippen LogP contribution is 2.10. The summed E-state index contributed by atoms with van der Waals surface area (Å²) in [6, 6.07) is 5.22. The van der Waals surface area contributed by atoms with Crippen molar-refractivity contribution >= 4 is 5.91 Å². The van der Waals surface area contributed by atoms with E-state index in [2.05, 4.69) is 10.3 Å². The van der Waals surface area contributed by atoms with Gasteiger partial charge < -0.3 is 5.32 Å². The van der Waals surface area contributed by atoms with E-state index < -0.39 is 23.4 Å². The fourth-order valence-electron chi connectivity index (χ4n) is 1.48. The Morgan fingerprint density at radius 3 is 2.63 bits per heavy atom. The number of benzene rings is 1. The van der Waals surface area contributed by atoms with Gasteiger partial charge in [0, 0.05) is 12.3 Å². The molecule has 0 unspecified atom stereocenters. The Bertz CT molecular complexity index is 617. The van der Waals surface area contributed by atoms with Crippen molar-refractivity contribution in [1.82, 2.24) is 10.3 Å². The molecule has 0 fully saturated rings. The highest BCUT2D eigenvalue weighted by molar-refractivity contribution is 5.94. The van der Waals surface area contributed by atoms with E-state index in [0.717, 1.165) is 12.1 Å². The van der Waals surface area contributed by atoms with Crippen molar-refractivity contribution in [3.05, 3.63) is 65.2 Å². The third kappa shape index (κ3) is 3.09. The van der Waals surface area contributed by atoms with Gasteiger partial charge in [0.25, 0.3) is 5.91 Å². The fraction of sp³-hybridized carbons (Fsp3) is 0.0769. The molecule has 2 aromatic rings. The lowest BCUT2D eigenvalue weighted by Crippen LogP contribution is -2.24. The minimum Gasteiger partial charge on any atom is -0.346 e. The first kappa shape index (κ1) is 13.1. The lowest BCUT2D eigenvalue weighted by Gasteiger charge is -2.06. The van der Waals surface area contributed by atoms with Crippen LogP contribution in [0.1, 0.15) is 16.1 Å². The zero-order valence-corrected chi connectivity index (χ0v) is 9.66. The minimum absolute atomic E-state index is 0.0402. The highest BCUT2D eigenvalue weighted by atomic mass is 19.1. The summed E-state index contributed by atoms with van der Waals surface area (Å²) < 4.78 is 39.2. The molecule has 0 spiro atoms. The molecule has 0 saturated heterocycles. The van der Waals surface area contributed by atoms with Crippen molar-refractivity contribution < 1.29 is 18.0 Å². The number of rotatable bonds is 3. The molecule has 1 N–H and O–H groups in total. The SMILES string of the molecule is O=C(NCc1ncccc1F)c1ccc(F)cc1F. The van der Waals surface area contributed by atoms with E-state index >= 15 is 0 Å². The number of nitrogens with one attached hydrogen (secondary N) is 1. The van der Waals surface area contributed by atoms with E-state index in [4.69, 9.17) is 0 Å². The van der Waals surface area contributed by atoms with Crippen molar-refractivity contribution in [2.45, 2.75) is 6.54 Å². The van der Waals surface area contributed by atoms with Gasteiger partial charge in [0.1, 0.15) is 17.5 Å². The van der Waals surface area contributed by atoms with Crippen molar-refractivity contribution in [2.24, 2.45) is 0 Å². The van der Waals surface area contributed by atoms with Crippen molar-refractivity contribution in [2.75, 3.05) is 0 Å². The summed E-state index contributed by atoms with van der Waals surface area (Å²) in [6.45, 7) is -0.178. The maximum Gasteiger partial charge on any atom is 0.254 e. The predicted octanol–water partition coefficient (Wildman–Crippen LogP) is 2.43. The van der Waals surface area contributed by atoms with E-state index in [0.29, 0.717) is 6.07 Å². The molecule has 1 aromatic heterocycles. The second kappa shape index (κ2) is 5.51. The van der Waals surface area contributed by atoms with Gasteiger partial charge in [-0.2, -0.15) is 0 Å². The van der Waals surface area contributed by atoms with Gasteiger partial charge in [-0.3, -0.25) is 9.78 Å². The molecule has 0 radical (unpaired) electrons. The number of halogens is 3. The molecule has 6 heteroatoms. The smallest absolute Gasteiger partial charge is 0.254 e. The summed E-state index contributed by atoms with van der Waals surface area (Å²) in [7, 11) is 0. The molecular formula is C13H9F3N2O. The second-order valence-electron chi connectivity index (χ2n) is 3.74. The molecule has 1 heterocycles. The van der Waals surface area contributed by atoms with Crippen molar-refractivity contribution in [1.29, 1.82) is 0 Å². The van der Waals surface area contributed by atoms with E-state index in [1.165, 1.54) is 18.3 Å². The summed E-state index contributed by atoms with van der Waals surface area (Å²) in [4.78, 5) is 15.4. The number of nitrogens with zero attached hydrogens (tertiary/aromatic N) is 1. The van der Waals surface area contributed by atoms with Gasteiger partial charge in [0.15, 0.2) is 0 Å². The Morgan fingerprint density at radius 2 is 1.95 bits per heavy atom. The third-order valence-corrected chi connectivity index (χ3v) is 2.43. The van der Waals surface area contributed by atoms with E-state index in [-0.39, 0.29) is 17.8 Å². The summed E-state index contributed by atoms with van der Waals surface area (Å²) in [6.07, 6.45) is 1.38. The van der Waals surface area contributed by atoms with Crippen LogP contribution in [0.25, 0.3) is 0 Å². The Labute approximate surface area is 107 Å². The quantitative estimate of drug-likeness (QED) is 0.927. The molecular weight excluding hydrogens is 257 g/mol. The maximum absolute atomic E-state index is 13.3. The third-order valence-electron chi connectivity index (χ3n) is 2.43. The lowest BCUT2D eigenvalue weighted by atomic mass is 10.2. The summed E-state index contributed by atoms with van der Waals surface area (Å²) in [5.41, 5.74) is -0.267. The normalized spacial score (nSPS) is 10.3. The average molecular weight is 266 g/mol. The maximum atomic E-state index is 13.3. The number of amides is 1. The topological polar surface area (TPSA) is 42.0 Å². The van der Waals surface area contributed by atoms with Gasteiger partial charge in [-0.05, 0) is 24.3 Å². The minimum atomic E-state index is -0.973. The Hall–Kier alpha value is -2.37. The number of hydrogen-bond acceptors (Lipinski definition) is 2. The molecule has 3 nitrogen and oxygen atoms in total. The average Bonchev–Trinajstić information content (AvgIpc) is 2.37. The van der Waals surface area contributed by atoms with E-state index in [1.807, 2.05) is 0 Å². The van der Waals surface area contributed by atoms with Gasteiger partial charge in [-0.15, -0.1) is 0 Å². The number of aromatic nitrogens is 1. The van der Waals surface area contributed by atoms with Crippen LogP contribution in [0.5, 0.6) is 0 Å². The first-order chi connectivity index (χ1) is 9.08. The van der Waals surface area contributed by atoms with Crippen LogP contribution in [0, 0.1) is 17.5 Å². The van der Waals surface area contributed by atoms with Gasteiger partial charge >= 0.3 is 0 Å². The van der Waals surface area contributed by atoms with Crippen molar-refractivity contribution in [3.8, 4) is 0 Å². The molecule has 1 amide bonds. The van der Waals surface area contributed by atoms with Crippen LogP contribution < -0.4 is 5.32 Å². The highest BCUT2D eigenvalue weighted by Gasteiger charge is 2.13. The molecule has 0 atom stereocenters. The van der Waals surface area contributed by atoms with Crippen LogP contribution in [-0.4, -0.2) is 10.9 Å². The number of pyridine rings is 1. The van der Waals surface area contributed by atoms with E-state index in [9.17, 15) is 18.0 Å². The first-order valence-electron chi connectivity index (χ1n) is 5.40. The molecule has 0 aliphatic rings. The van der Waals surface area contributed by atoms with Crippen LogP contribution in [0.3, 0.4) is 0 Å². The van der Waals surface area contributed by atoms with Gasteiger partial charge in [0.2, 0.25) is 0 Å². The van der Waals surface area contributed by atoms with Crippen LogP contribution >= 0.6 is 0 Å².